The lowest BCUT2D eigenvalue weighted by atomic mass is 10.2. The zero-order valence-electron chi connectivity index (χ0n) is 15.1. The molecule has 28 heavy (non-hydrogen) atoms. The van der Waals surface area contributed by atoms with Crippen molar-refractivity contribution < 1.29 is 13.2 Å². The molecule has 1 fully saturated rings. The Labute approximate surface area is 171 Å². The molecule has 0 unspecified atom stereocenters. The molecule has 3 aromatic rings. The number of sulfonamides is 1. The topological polar surface area (TPSA) is 88.2 Å². The zero-order chi connectivity index (χ0) is 19.7. The molecule has 0 aliphatic heterocycles. The molecule has 6 nitrogen and oxygen atoms in total. The van der Waals surface area contributed by atoms with E-state index in [0.717, 1.165) is 33.3 Å². The van der Waals surface area contributed by atoms with Crippen molar-refractivity contribution in [1.29, 1.82) is 0 Å². The SMILES string of the molecule is Cc1nc(-c2cccs2)c(CC(=O)Nc2cccc(S(=O)(=O)NC3CC3)c2)s1. The minimum atomic E-state index is -3.56. The second-order valence-electron chi connectivity index (χ2n) is 6.63. The van der Waals surface area contributed by atoms with E-state index in [1.807, 2.05) is 24.4 Å². The van der Waals surface area contributed by atoms with E-state index in [1.165, 1.54) is 23.5 Å². The minimum Gasteiger partial charge on any atom is -0.326 e. The summed E-state index contributed by atoms with van der Waals surface area (Å²) in [5.41, 5.74) is 1.31. The number of hydrogen-bond donors (Lipinski definition) is 2. The lowest BCUT2D eigenvalue weighted by Gasteiger charge is -2.09. The molecule has 0 radical (unpaired) electrons. The van der Waals surface area contributed by atoms with Crippen molar-refractivity contribution in [2.45, 2.75) is 37.1 Å². The number of anilines is 1. The summed E-state index contributed by atoms with van der Waals surface area (Å²) >= 11 is 3.09. The van der Waals surface area contributed by atoms with Gasteiger partial charge >= 0.3 is 0 Å². The maximum atomic E-state index is 12.6. The number of nitrogens with one attached hydrogen (secondary N) is 2. The van der Waals surface area contributed by atoms with Crippen molar-refractivity contribution in [2.75, 3.05) is 5.32 Å². The van der Waals surface area contributed by atoms with E-state index >= 15 is 0 Å². The Balaban J connectivity index is 1.48. The molecule has 0 saturated heterocycles. The Bertz CT molecular complexity index is 1100. The number of carbonyl (C=O) groups is 1. The molecule has 0 spiro atoms. The summed E-state index contributed by atoms with van der Waals surface area (Å²) in [6.07, 6.45) is 1.93. The van der Waals surface area contributed by atoms with Gasteiger partial charge in [-0.25, -0.2) is 18.1 Å². The van der Waals surface area contributed by atoms with Crippen LogP contribution in [0.3, 0.4) is 0 Å². The monoisotopic (exact) mass is 433 g/mol. The number of benzene rings is 1. The van der Waals surface area contributed by atoms with Gasteiger partial charge in [0, 0.05) is 16.6 Å². The zero-order valence-corrected chi connectivity index (χ0v) is 17.6. The van der Waals surface area contributed by atoms with Crippen LogP contribution in [0.15, 0.2) is 46.7 Å². The van der Waals surface area contributed by atoms with Gasteiger partial charge in [-0.05, 0) is 49.4 Å². The first-order chi connectivity index (χ1) is 13.4. The quantitative estimate of drug-likeness (QED) is 0.593. The maximum Gasteiger partial charge on any atom is 0.240 e. The summed E-state index contributed by atoms with van der Waals surface area (Å²) < 4.78 is 27.4. The van der Waals surface area contributed by atoms with Gasteiger partial charge in [-0.3, -0.25) is 4.79 Å². The van der Waals surface area contributed by atoms with Crippen molar-refractivity contribution in [3.05, 3.63) is 51.7 Å². The Morgan fingerprint density at radius 3 is 2.79 bits per heavy atom. The van der Waals surface area contributed by atoms with Crippen LogP contribution < -0.4 is 10.0 Å². The number of carbonyl (C=O) groups excluding carboxylic acids is 1. The number of nitrogens with zero attached hydrogens (tertiary/aromatic N) is 1. The van der Waals surface area contributed by atoms with Gasteiger partial charge in [-0.2, -0.15) is 0 Å². The van der Waals surface area contributed by atoms with Crippen molar-refractivity contribution in [3.63, 3.8) is 0 Å². The molecular weight excluding hydrogens is 414 g/mol. The lowest BCUT2D eigenvalue weighted by molar-refractivity contribution is -0.115. The van der Waals surface area contributed by atoms with Crippen LogP contribution in [0.5, 0.6) is 0 Å². The molecule has 146 valence electrons. The van der Waals surface area contributed by atoms with Gasteiger partial charge in [-0.15, -0.1) is 22.7 Å². The van der Waals surface area contributed by atoms with E-state index in [2.05, 4.69) is 15.0 Å². The van der Waals surface area contributed by atoms with E-state index in [4.69, 9.17) is 0 Å². The number of hydrogen-bond acceptors (Lipinski definition) is 6. The number of aryl methyl sites for hydroxylation is 1. The first-order valence-corrected chi connectivity index (χ1v) is 12.0. The third-order valence-electron chi connectivity index (χ3n) is 4.21. The molecule has 0 bridgehead atoms. The minimum absolute atomic E-state index is 0.0356. The molecule has 1 aliphatic rings. The van der Waals surface area contributed by atoms with Crippen LogP contribution in [-0.4, -0.2) is 25.4 Å². The van der Waals surface area contributed by atoms with Gasteiger partial charge < -0.3 is 5.32 Å². The van der Waals surface area contributed by atoms with E-state index in [0.29, 0.717) is 5.69 Å². The highest BCUT2D eigenvalue weighted by molar-refractivity contribution is 7.89. The fourth-order valence-corrected chi connectivity index (χ4v) is 5.88. The molecule has 4 rings (SSSR count). The van der Waals surface area contributed by atoms with Crippen LogP contribution in [0.1, 0.15) is 22.7 Å². The van der Waals surface area contributed by atoms with Crippen LogP contribution in [0, 0.1) is 6.92 Å². The molecule has 1 aliphatic carbocycles. The van der Waals surface area contributed by atoms with Crippen LogP contribution >= 0.6 is 22.7 Å². The Morgan fingerprint density at radius 1 is 1.25 bits per heavy atom. The first-order valence-electron chi connectivity index (χ1n) is 8.83. The average Bonchev–Trinajstić information content (AvgIpc) is 3.14. The van der Waals surface area contributed by atoms with E-state index in [-0.39, 0.29) is 23.3 Å². The summed E-state index contributed by atoms with van der Waals surface area (Å²) in [6.45, 7) is 1.92. The molecule has 1 aromatic carbocycles. The second-order valence-corrected chi connectivity index (χ2v) is 10.6. The van der Waals surface area contributed by atoms with Crippen molar-refractivity contribution in [3.8, 4) is 10.6 Å². The highest BCUT2D eigenvalue weighted by atomic mass is 32.2. The van der Waals surface area contributed by atoms with Gasteiger partial charge in [0.2, 0.25) is 15.9 Å². The smallest absolute Gasteiger partial charge is 0.240 e. The largest absolute Gasteiger partial charge is 0.326 e. The number of rotatable bonds is 7. The van der Waals surface area contributed by atoms with E-state index in [9.17, 15) is 13.2 Å². The molecule has 1 amide bonds. The highest BCUT2D eigenvalue weighted by Gasteiger charge is 2.28. The number of thiazole rings is 1. The van der Waals surface area contributed by atoms with Gasteiger partial charge in [0.1, 0.15) is 0 Å². The molecule has 0 atom stereocenters. The summed E-state index contributed by atoms with van der Waals surface area (Å²) in [6, 6.07) is 10.3. The molecule has 2 aromatic heterocycles. The fourth-order valence-electron chi connectivity index (χ4n) is 2.78. The fraction of sp³-hybridized carbons (Fsp3) is 0.263. The van der Waals surface area contributed by atoms with Crippen LogP contribution in [0.25, 0.3) is 10.6 Å². The molecule has 2 N–H and O–H groups in total. The second kappa shape index (κ2) is 7.75. The number of amides is 1. The van der Waals surface area contributed by atoms with Crippen LogP contribution in [0.4, 0.5) is 5.69 Å². The average molecular weight is 434 g/mol. The van der Waals surface area contributed by atoms with Gasteiger partial charge in [0.25, 0.3) is 0 Å². The predicted octanol–water partition coefficient (Wildman–Crippen LogP) is 3.80. The summed E-state index contributed by atoms with van der Waals surface area (Å²) in [7, 11) is -3.56. The number of thiophene rings is 1. The molecule has 9 heteroatoms. The Hall–Kier alpha value is -2.07. The Morgan fingerprint density at radius 2 is 2.07 bits per heavy atom. The molecule has 1 saturated carbocycles. The van der Waals surface area contributed by atoms with Crippen LogP contribution in [-0.2, 0) is 21.2 Å². The van der Waals surface area contributed by atoms with Gasteiger partial charge in [-0.1, -0.05) is 12.1 Å². The van der Waals surface area contributed by atoms with Crippen molar-refractivity contribution in [1.82, 2.24) is 9.71 Å². The highest BCUT2D eigenvalue weighted by Crippen LogP contribution is 2.31. The lowest BCUT2D eigenvalue weighted by Crippen LogP contribution is -2.25. The normalized spacial score (nSPS) is 14.2. The van der Waals surface area contributed by atoms with Gasteiger partial charge in [0.15, 0.2) is 0 Å². The van der Waals surface area contributed by atoms with Gasteiger partial charge in [0.05, 0.1) is 26.9 Å². The van der Waals surface area contributed by atoms with Crippen molar-refractivity contribution >= 4 is 44.3 Å². The third-order valence-corrected chi connectivity index (χ3v) is 7.57. The first kappa shape index (κ1) is 19.3. The number of aromatic nitrogens is 1. The maximum absolute atomic E-state index is 12.6. The summed E-state index contributed by atoms with van der Waals surface area (Å²) in [4.78, 5) is 19.2. The summed E-state index contributed by atoms with van der Waals surface area (Å²) in [5.74, 6) is -0.203. The Kier molecular flexibility index (Phi) is 5.33. The summed E-state index contributed by atoms with van der Waals surface area (Å²) in [5, 5.41) is 5.69. The molecule has 2 heterocycles. The van der Waals surface area contributed by atoms with Crippen LogP contribution in [0.2, 0.25) is 0 Å². The van der Waals surface area contributed by atoms with E-state index in [1.54, 1.807) is 23.5 Å². The third kappa shape index (κ3) is 4.49. The molecular formula is C19H19N3O3S3. The standard InChI is InChI=1S/C19H19N3O3S3/c1-12-20-19(16-6-3-9-26-16)17(27-12)11-18(23)21-14-4-2-5-15(10-14)28(24,25)22-13-7-8-13/h2-6,9-10,13,22H,7-8,11H2,1H3,(H,21,23). The van der Waals surface area contributed by atoms with Crippen molar-refractivity contribution in [2.24, 2.45) is 0 Å². The van der Waals surface area contributed by atoms with E-state index < -0.39 is 10.0 Å². The predicted molar refractivity (Wildman–Crippen MR) is 112 cm³/mol.